The summed E-state index contributed by atoms with van der Waals surface area (Å²) in [6.45, 7) is 7.17. The topological polar surface area (TPSA) is 92.5 Å². The Hall–Kier alpha value is -1.44. The van der Waals surface area contributed by atoms with E-state index in [0.29, 0.717) is 37.4 Å². The third-order valence-electron chi connectivity index (χ3n) is 5.48. The molecule has 0 aromatic heterocycles. The van der Waals surface area contributed by atoms with Gasteiger partial charge in [-0.2, -0.15) is 4.31 Å². The summed E-state index contributed by atoms with van der Waals surface area (Å²) in [5, 5.41) is 3.04. The van der Waals surface area contributed by atoms with Crippen LogP contribution in [0, 0.1) is 19.8 Å². The number of hydrogen-bond donors (Lipinski definition) is 2. The number of sulfonamides is 1. The van der Waals surface area contributed by atoms with Crippen LogP contribution in [0.3, 0.4) is 0 Å². The van der Waals surface area contributed by atoms with Gasteiger partial charge < -0.3 is 11.1 Å². The first kappa shape index (κ1) is 21.9. The molecule has 1 saturated heterocycles. The third-order valence-corrected chi connectivity index (χ3v) is 7.37. The van der Waals surface area contributed by atoms with Gasteiger partial charge in [-0.1, -0.05) is 25.8 Å². The van der Waals surface area contributed by atoms with Crippen LogP contribution in [-0.2, 0) is 14.8 Å². The van der Waals surface area contributed by atoms with E-state index in [4.69, 9.17) is 5.73 Å². The number of unbranched alkanes of at least 4 members (excludes halogenated alkanes) is 1. The molecule has 7 heteroatoms. The summed E-state index contributed by atoms with van der Waals surface area (Å²) in [4.78, 5) is 12.8. The monoisotopic (exact) mass is 395 g/mol. The predicted octanol–water partition coefficient (Wildman–Crippen LogP) is 2.34. The van der Waals surface area contributed by atoms with E-state index < -0.39 is 10.0 Å². The summed E-state index contributed by atoms with van der Waals surface area (Å²) >= 11 is 0. The van der Waals surface area contributed by atoms with Crippen LogP contribution in [0.2, 0.25) is 0 Å². The maximum absolute atomic E-state index is 12.9. The van der Waals surface area contributed by atoms with Crippen LogP contribution in [0.25, 0.3) is 0 Å². The molecule has 1 amide bonds. The van der Waals surface area contributed by atoms with E-state index in [1.165, 1.54) is 4.31 Å². The minimum Gasteiger partial charge on any atom is -0.352 e. The molecule has 1 heterocycles. The first-order valence-electron chi connectivity index (χ1n) is 9.87. The van der Waals surface area contributed by atoms with Crippen molar-refractivity contribution in [1.82, 2.24) is 9.62 Å². The van der Waals surface area contributed by atoms with Crippen molar-refractivity contribution in [2.75, 3.05) is 19.6 Å². The van der Waals surface area contributed by atoms with Gasteiger partial charge in [0.05, 0.1) is 4.90 Å². The zero-order chi connectivity index (χ0) is 20.0. The number of benzene rings is 1. The predicted molar refractivity (Wildman–Crippen MR) is 108 cm³/mol. The van der Waals surface area contributed by atoms with Gasteiger partial charge in [0.1, 0.15) is 0 Å². The van der Waals surface area contributed by atoms with Crippen LogP contribution in [-0.4, -0.2) is 44.3 Å². The summed E-state index contributed by atoms with van der Waals surface area (Å²) < 4.78 is 27.3. The molecule has 0 radical (unpaired) electrons. The highest BCUT2D eigenvalue weighted by atomic mass is 32.2. The number of rotatable bonds is 8. The van der Waals surface area contributed by atoms with Crippen molar-refractivity contribution < 1.29 is 13.2 Å². The van der Waals surface area contributed by atoms with Gasteiger partial charge >= 0.3 is 0 Å². The number of piperidine rings is 1. The number of carbonyl (C=O) groups excluding carboxylic acids is 1. The van der Waals surface area contributed by atoms with E-state index in [1.54, 1.807) is 12.1 Å². The van der Waals surface area contributed by atoms with Crippen molar-refractivity contribution in [3.8, 4) is 0 Å². The standard InChI is InChI=1S/C20H33N3O3S/c1-4-5-6-18(14-21)22-20(24)17-9-11-23(12-10-17)27(25,26)19-8-7-15(2)16(3)13-19/h7-8,13,17-18H,4-6,9-12,14,21H2,1-3H3,(H,22,24). The van der Waals surface area contributed by atoms with E-state index in [9.17, 15) is 13.2 Å². The first-order valence-corrected chi connectivity index (χ1v) is 11.3. The second-order valence-corrected chi connectivity index (χ2v) is 9.45. The fraction of sp³-hybridized carbons (Fsp3) is 0.650. The summed E-state index contributed by atoms with van der Waals surface area (Å²) in [5.41, 5.74) is 7.79. The molecule has 1 fully saturated rings. The Morgan fingerprint density at radius 1 is 1.26 bits per heavy atom. The number of nitrogens with zero attached hydrogens (tertiary/aromatic N) is 1. The number of nitrogens with one attached hydrogen (secondary N) is 1. The Kier molecular flexibility index (Phi) is 7.82. The number of carbonyl (C=O) groups is 1. The summed E-state index contributed by atoms with van der Waals surface area (Å²) in [5.74, 6) is -0.142. The van der Waals surface area contributed by atoms with E-state index in [2.05, 4.69) is 12.2 Å². The van der Waals surface area contributed by atoms with Gasteiger partial charge in [0, 0.05) is 31.6 Å². The Balaban J connectivity index is 1.95. The van der Waals surface area contributed by atoms with E-state index in [1.807, 2.05) is 19.9 Å². The molecular weight excluding hydrogens is 362 g/mol. The molecule has 1 aliphatic rings. The molecule has 1 aliphatic heterocycles. The maximum Gasteiger partial charge on any atom is 0.243 e. The molecule has 0 bridgehead atoms. The molecule has 1 unspecified atom stereocenters. The largest absolute Gasteiger partial charge is 0.352 e. The molecule has 1 aromatic carbocycles. The van der Waals surface area contributed by atoms with Gasteiger partial charge in [0.15, 0.2) is 0 Å². The third kappa shape index (κ3) is 5.53. The molecule has 27 heavy (non-hydrogen) atoms. The molecule has 0 spiro atoms. The fourth-order valence-electron chi connectivity index (χ4n) is 3.40. The van der Waals surface area contributed by atoms with Gasteiger partial charge in [0.2, 0.25) is 15.9 Å². The van der Waals surface area contributed by atoms with Crippen molar-refractivity contribution in [3.63, 3.8) is 0 Å². The van der Waals surface area contributed by atoms with Crippen LogP contribution >= 0.6 is 0 Å². The quantitative estimate of drug-likeness (QED) is 0.707. The zero-order valence-electron chi connectivity index (χ0n) is 16.7. The van der Waals surface area contributed by atoms with E-state index >= 15 is 0 Å². The second-order valence-electron chi connectivity index (χ2n) is 7.51. The average Bonchev–Trinajstić information content (AvgIpc) is 2.67. The lowest BCUT2D eigenvalue weighted by Gasteiger charge is -2.31. The number of amides is 1. The van der Waals surface area contributed by atoms with Crippen LogP contribution in [0.4, 0.5) is 0 Å². The number of hydrogen-bond acceptors (Lipinski definition) is 4. The highest BCUT2D eigenvalue weighted by Gasteiger charge is 2.32. The molecule has 1 aromatic rings. The van der Waals surface area contributed by atoms with Crippen LogP contribution in [0.1, 0.15) is 50.2 Å². The first-order chi connectivity index (χ1) is 12.8. The SMILES string of the molecule is CCCCC(CN)NC(=O)C1CCN(S(=O)(=O)c2ccc(C)c(C)c2)CC1. The molecule has 2 rings (SSSR count). The molecule has 0 aliphatic carbocycles. The molecular formula is C20H33N3O3S. The molecule has 3 N–H and O–H groups in total. The van der Waals surface area contributed by atoms with Crippen LogP contribution in [0.15, 0.2) is 23.1 Å². The van der Waals surface area contributed by atoms with Gasteiger partial charge in [-0.15, -0.1) is 0 Å². The van der Waals surface area contributed by atoms with Crippen molar-refractivity contribution in [3.05, 3.63) is 29.3 Å². The molecule has 152 valence electrons. The Bertz CT molecular complexity index is 741. The fourth-order valence-corrected chi connectivity index (χ4v) is 4.96. The van der Waals surface area contributed by atoms with Crippen molar-refractivity contribution >= 4 is 15.9 Å². The molecule has 0 saturated carbocycles. The number of nitrogens with two attached hydrogens (primary N) is 1. The minimum absolute atomic E-state index is 0.00443. The van der Waals surface area contributed by atoms with Crippen molar-refractivity contribution in [2.45, 2.75) is 63.8 Å². The lowest BCUT2D eigenvalue weighted by atomic mass is 9.96. The Morgan fingerprint density at radius 3 is 2.48 bits per heavy atom. The molecule has 1 atom stereocenters. The highest BCUT2D eigenvalue weighted by molar-refractivity contribution is 7.89. The lowest BCUT2D eigenvalue weighted by Crippen LogP contribution is -2.47. The summed E-state index contributed by atoms with van der Waals surface area (Å²) in [7, 11) is -3.51. The Morgan fingerprint density at radius 2 is 1.93 bits per heavy atom. The summed E-state index contributed by atoms with van der Waals surface area (Å²) in [6.07, 6.45) is 4.08. The van der Waals surface area contributed by atoms with E-state index in [-0.39, 0.29) is 17.9 Å². The van der Waals surface area contributed by atoms with Gasteiger partial charge in [-0.3, -0.25) is 4.79 Å². The number of aryl methyl sites for hydroxylation is 2. The van der Waals surface area contributed by atoms with E-state index in [0.717, 1.165) is 30.4 Å². The maximum atomic E-state index is 12.9. The molecule has 6 nitrogen and oxygen atoms in total. The smallest absolute Gasteiger partial charge is 0.243 e. The lowest BCUT2D eigenvalue weighted by molar-refractivity contribution is -0.126. The van der Waals surface area contributed by atoms with Crippen LogP contribution < -0.4 is 11.1 Å². The average molecular weight is 396 g/mol. The second kappa shape index (κ2) is 9.66. The zero-order valence-corrected chi connectivity index (χ0v) is 17.5. The van der Waals surface area contributed by atoms with Crippen LogP contribution in [0.5, 0.6) is 0 Å². The van der Waals surface area contributed by atoms with Crippen molar-refractivity contribution in [1.29, 1.82) is 0 Å². The normalized spacial score (nSPS) is 17.6. The summed E-state index contributed by atoms with van der Waals surface area (Å²) in [6, 6.07) is 5.24. The highest BCUT2D eigenvalue weighted by Crippen LogP contribution is 2.25. The minimum atomic E-state index is -3.51. The Labute approximate surface area is 163 Å². The van der Waals surface area contributed by atoms with Gasteiger partial charge in [-0.25, -0.2) is 8.42 Å². The van der Waals surface area contributed by atoms with Gasteiger partial charge in [0.25, 0.3) is 0 Å². The van der Waals surface area contributed by atoms with Gasteiger partial charge in [-0.05, 0) is 56.4 Å². The van der Waals surface area contributed by atoms with Crippen molar-refractivity contribution in [2.24, 2.45) is 11.7 Å².